The Morgan fingerprint density at radius 3 is 2.46 bits per heavy atom. The number of aryl methyl sites for hydroxylation is 1. The maximum absolute atomic E-state index is 12.8. The van der Waals surface area contributed by atoms with Crippen molar-refractivity contribution in [3.8, 4) is 17.2 Å². The summed E-state index contributed by atoms with van der Waals surface area (Å²) in [5.74, 6) is 0.303. The number of carbonyl (C=O) groups excluding carboxylic acids is 1. The Labute approximate surface area is 202 Å². The number of carbonyl (C=O) groups is 1. The van der Waals surface area contributed by atoms with E-state index in [1.807, 2.05) is 31.2 Å². The molecule has 0 amide bonds. The molecule has 0 aliphatic rings. The summed E-state index contributed by atoms with van der Waals surface area (Å²) in [5.41, 5.74) is 2.21. The highest BCUT2D eigenvalue weighted by Gasteiger charge is 2.22. The number of sulfonamides is 1. The van der Waals surface area contributed by atoms with Crippen molar-refractivity contribution in [2.24, 2.45) is 0 Å². The Morgan fingerprint density at radius 2 is 1.74 bits per heavy atom. The number of nitrogens with zero attached hydrogens (tertiary/aromatic N) is 2. The van der Waals surface area contributed by atoms with Crippen molar-refractivity contribution in [1.29, 1.82) is 0 Å². The molecule has 9 nitrogen and oxygen atoms in total. The number of ether oxygens (including phenoxy) is 2. The van der Waals surface area contributed by atoms with E-state index in [1.165, 1.54) is 31.4 Å². The number of hydrogen-bond donors (Lipinski definition) is 1. The Bertz CT molecular complexity index is 1450. The fourth-order valence-electron chi connectivity index (χ4n) is 3.24. The van der Waals surface area contributed by atoms with Gasteiger partial charge in [-0.3, -0.25) is 4.72 Å². The van der Waals surface area contributed by atoms with Gasteiger partial charge in [0.1, 0.15) is 5.75 Å². The summed E-state index contributed by atoms with van der Waals surface area (Å²) in [6.45, 7) is 3.54. The molecule has 1 unspecified atom stereocenters. The summed E-state index contributed by atoms with van der Waals surface area (Å²) >= 11 is 0. The van der Waals surface area contributed by atoms with Gasteiger partial charge in [0, 0.05) is 11.3 Å². The molecule has 10 heteroatoms. The van der Waals surface area contributed by atoms with Crippen LogP contribution in [0.25, 0.3) is 11.5 Å². The number of rotatable bonds is 8. The highest BCUT2D eigenvalue weighted by Crippen LogP contribution is 2.25. The molecular weight excluding hydrogens is 470 g/mol. The first-order chi connectivity index (χ1) is 16.7. The molecule has 0 bridgehead atoms. The summed E-state index contributed by atoms with van der Waals surface area (Å²) in [5, 5.41) is 8.00. The van der Waals surface area contributed by atoms with Crippen LogP contribution in [0.3, 0.4) is 0 Å². The van der Waals surface area contributed by atoms with E-state index < -0.39 is 22.1 Å². The number of aromatic nitrogens is 2. The molecule has 4 aromatic rings. The van der Waals surface area contributed by atoms with Gasteiger partial charge in [-0.05, 0) is 68.4 Å². The number of hydrogen-bond acceptors (Lipinski definition) is 8. The molecule has 1 atom stereocenters. The Morgan fingerprint density at radius 1 is 1.00 bits per heavy atom. The van der Waals surface area contributed by atoms with Crippen LogP contribution in [0.2, 0.25) is 0 Å². The molecule has 1 heterocycles. The van der Waals surface area contributed by atoms with Crippen LogP contribution >= 0.6 is 0 Å². The van der Waals surface area contributed by atoms with E-state index in [0.717, 1.165) is 11.1 Å². The summed E-state index contributed by atoms with van der Waals surface area (Å²) in [4.78, 5) is 12.6. The molecular formula is C25H23N3O6S. The fraction of sp³-hybridized carbons (Fsp3) is 0.160. The van der Waals surface area contributed by atoms with Crippen LogP contribution in [-0.2, 0) is 14.8 Å². The van der Waals surface area contributed by atoms with Crippen molar-refractivity contribution >= 4 is 21.7 Å². The molecule has 35 heavy (non-hydrogen) atoms. The van der Waals surface area contributed by atoms with Gasteiger partial charge in [-0.15, -0.1) is 10.2 Å². The SMILES string of the molecule is COc1ccc(NS(=O)(=O)c2cccc(C(=O)OC(C)c3nnc(-c4cccc(C)c4)o3)c2)cc1. The van der Waals surface area contributed by atoms with Crippen molar-refractivity contribution in [3.63, 3.8) is 0 Å². The minimum Gasteiger partial charge on any atom is -0.497 e. The summed E-state index contributed by atoms with van der Waals surface area (Å²) < 4.78 is 44.3. The molecule has 0 radical (unpaired) electrons. The monoisotopic (exact) mass is 493 g/mol. The lowest BCUT2D eigenvalue weighted by Crippen LogP contribution is -2.15. The van der Waals surface area contributed by atoms with Crippen LogP contribution in [0.1, 0.15) is 34.8 Å². The highest BCUT2D eigenvalue weighted by atomic mass is 32.2. The van der Waals surface area contributed by atoms with E-state index in [1.54, 1.807) is 31.2 Å². The zero-order valence-electron chi connectivity index (χ0n) is 19.3. The largest absolute Gasteiger partial charge is 0.497 e. The number of benzene rings is 3. The van der Waals surface area contributed by atoms with E-state index in [4.69, 9.17) is 13.9 Å². The molecule has 4 rings (SSSR count). The van der Waals surface area contributed by atoms with Gasteiger partial charge >= 0.3 is 5.97 Å². The van der Waals surface area contributed by atoms with E-state index >= 15 is 0 Å². The molecule has 0 fully saturated rings. The van der Waals surface area contributed by atoms with Gasteiger partial charge in [0.2, 0.25) is 5.89 Å². The summed E-state index contributed by atoms with van der Waals surface area (Å²) in [7, 11) is -2.42. The van der Waals surface area contributed by atoms with Crippen LogP contribution in [0.5, 0.6) is 5.75 Å². The first-order valence-corrected chi connectivity index (χ1v) is 12.1. The molecule has 180 valence electrons. The summed E-state index contributed by atoms with van der Waals surface area (Å²) in [6.07, 6.45) is -0.841. The molecule has 0 spiro atoms. The average Bonchev–Trinajstić information content (AvgIpc) is 3.35. The molecule has 0 saturated carbocycles. The minimum atomic E-state index is -3.94. The second kappa shape index (κ2) is 9.98. The predicted molar refractivity (Wildman–Crippen MR) is 129 cm³/mol. The fourth-order valence-corrected chi connectivity index (χ4v) is 4.34. The molecule has 0 aliphatic heterocycles. The number of esters is 1. The van der Waals surface area contributed by atoms with Crippen molar-refractivity contribution in [1.82, 2.24) is 10.2 Å². The molecule has 1 aromatic heterocycles. The Balaban J connectivity index is 1.46. The smallest absolute Gasteiger partial charge is 0.338 e. The third-order valence-corrected chi connectivity index (χ3v) is 6.44. The molecule has 3 aromatic carbocycles. The lowest BCUT2D eigenvalue weighted by atomic mass is 10.1. The lowest BCUT2D eigenvalue weighted by molar-refractivity contribution is 0.0279. The van der Waals surface area contributed by atoms with Gasteiger partial charge in [-0.25, -0.2) is 13.2 Å². The molecule has 0 aliphatic carbocycles. The van der Waals surface area contributed by atoms with Gasteiger partial charge in [-0.1, -0.05) is 23.8 Å². The van der Waals surface area contributed by atoms with Crippen LogP contribution in [0.4, 0.5) is 5.69 Å². The lowest BCUT2D eigenvalue weighted by Gasteiger charge is -2.11. The van der Waals surface area contributed by atoms with Gasteiger partial charge in [0.15, 0.2) is 6.10 Å². The quantitative estimate of drug-likeness (QED) is 0.348. The van der Waals surface area contributed by atoms with Crippen LogP contribution in [0.15, 0.2) is 82.1 Å². The number of methoxy groups -OCH3 is 1. The first-order valence-electron chi connectivity index (χ1n) is 10.6. The first kappa shape index (κ1) is 24.0. The van der Waals surface area contributed by atoms with E-state index in [9.17, 15) is 13.2 Å². The number of nitrogens with one attached hydrogen (secondary N) is 1. The van der Waals surface area contributed by atoms with Crippen LogP contribution in [0, 0.1) is 6.92 Å². The van der Waals surface area contributed by atoms with Crippen molar-refractivity contribution in [2.75, 3.05) is 11.8 Å². The van der Waals surface area contributed by atoms with E-state index in [2.05, 4.69) is 14.9 Å². The Kier molecular flexibility index (Phi) is 6.83. The van der Waals surface area contributed by atoms with Gasteiger partial charge < -0.3 is 13.9 Å². The third-order valence-electron chi connectivity index (χ3n) is 5.06. The van der Waals surface area contributed by atoms with E-state index in [0.29, 0.717) is 17.3 Å². The van der Waals surface area contributed by atoms with Crippen molar-refractivity contribution in [2.45, 2.75) is 24.8 Å². The maximum Gasteiger partial charge on any atom is 0.338 e. The van der Waals surface area contributed by atoms with Crippen molar-refractivity contribution < 1.29 is 27.1 Å². The summed E-state index contributed by atoms with van der Waals surface area (Å²) in [6, 6.07) is 19.5. The van der Waals surface area contributed by atoms with Gasteiger partial charge in [-0.2, -0.15) is 0 Å². The standard InChI is InChI=1S/C25H23N3O6S/c1-16-6-4-7-18(14-16)24-27-26-23(34-24)17(2)33-25(29)19-8-5-9-22(15-19)35(30,31)28-20-10-12-21(32-3)13-11-20/h4-15,17,28H,1-3H3. The zero-order chi connectivity index (χ0) is 25.0. The maximum atomic E-state index is 12.8. The highest BCUT2D eigenvalue weighted by molar-refractivity contribution is 7.92. The molecule has 1 N–H and O–H groups in total. The predicted octanol–water partition coefficient (Wildman–Crippen LogP) is 4.77. The second-order valence-corrected chi connectivity index (χ2v) is 9.41. The Hall–Kier alpha value is -4.18. The van der Waals surface area contributed by atoms with E-state index in [-0.39, 0.29) is 16.3 Å². The van der Waals surface area contributed by atoms with Gasteiger partial charge in [0.25, 0.3) is 15.9 Å². The minimum absolute atomic E-state index is 0.0629. The average molecular weight is 494 g/mol. The molecule has 0 saturated heterocycles. The van der Waals surface area contributed by atoms with Gasteiger partial charge in [0.05, 0.1) is 17.6 Å². The van der Waals surface area contributed by atoms with Crippen LogP contribution < -0.4 is 9.46 Å². The number of anilines is 1. The zero-order valence-corrected chi connectivity index (χ0v) is 20.1. The van der Waals surface area contributed by atoms with Crippen LogP contribution in [-0.4, -0.2) is 31.7 Å². The topological polar surface area (TPSA) is 121 Å². The normalized spacial score (nSPS) is 12.1. The van der Waals surface area contributed by atoms with Crippen molar-refractivity contribution in [3.05, 3.63) is 89.8 Å². The second-order valence-electron chi connectivity index (χ2n) is 7.72. The third kappa shape index (κ3) is 5.67.